The Morgan fingerprint density at radius 1 is 1.16 bits per heavy atom. The van der Waals surface area contributed by atoms with Gasteiger partial charge in [0, 0.05) is 10.9 Å². The molecule has 0 unspecified atom stereocenters. The second-order valence-corrected chi connectivity index (χ2v) is 19.3. The van der Waals surface area contributed by atoms with Crippen LogP contribution in [0.1, 0.15) is 50.7 Å². The predicted octanol–water partition coefficient (Wildman–Crippen LogP) is 7.01. The van der Waals surface area contributed by atoms with Crippen LogP contribution in [0.15, 0.2) is 30.5 Å². The van der Waals surface area contributed by atoms with Gasteiger partial charge in [0.05, 0.1) is 23.3 Å². The number of nitrogens with zero attached hydrogens (tertiary/aromatic N) is 3. The Morgan fingerprint density at radius 2 is 1.81 bits per heavy atom. The van der Waals surface area contributed by atoms with Crippen molar-refractivity contribution >= 4 is 37.6 Å². The van der Waals surface area contributed by atoms with Crippen molar-refractivity contribution in [2.75, 3.05) is 25.3 Å². The van der Waals surface area contributed by atoms with Gasteiger partial charge >= 0.3 is 0 Å². The van der Waals surface area contributed by atoms with Crippen LogP contribution in [0.3, 0.4) is 0 Å². The second kappa shape index (κ2) is 10.1. The molecule has 2 heterocycles. The van der Waals surface area contributed by atoms with Crippen LogP contribution in [-0.2, 0) is 14.9 Å². The minimum atomic E-state index is -3.50. The number of anilines is 1. The molecule has 1 atom stereocenters. The van der Waals surface area contributed by atoms with Crippen molar-refractivity contribution in [3.05, 3.63) is 53.2 Å². The van der Waals surface area contributed by atoms with Gasteiger partial charge < -0.3 is 14.3 Å². The molecule has 0 saturated carbocycles. The van der Waals surface area contributed by atoms with Crippen molar-refractivity contribution in [3.63, 3.8) is 0 Å². The molecule has 0 fully saturated rings. The molecule has 3 aromatic rings. The SMILES string of the molecule is Cc1nc(N[C@H](C)c2cccc(C(F)(F)CO[Si](C)(C)C(C)(C)C)c2F)c2cc(P(C)(C)=O)ncc2n1. The number of pyridine rings is 1. The van der Waals surface area contributed by atoms with Crippen molar-refractivity contribution in [1.29, 1.82) is 0 Å². The van der Waals surface area contributed by atoms with E-state index in [9.17, 15) is 4.57 Å². The van der Waals surface area contributed by atoms with Crippen LogP contribution in [0.5, 0.6) is 0 Å². The third kappa shape index (κ3) is 6.41. The number of rotatable bonds is 8. The van der Waals surface area contributed by atoms with Gasteiger partial charge in [-0.25, -0.2) is 14.4 Å². The zero-order valence-electron chi connectivity index (χ0n) is 22.9. The predicted molar refractivity (Wildman–Crippen MR) is 147 cm³/mol. The highest BCUT2D eigenvalue weighted by molar-refractivity contribution is 7.69. The maximum atomic E-state index is 15.5. The zero-order valence-corrected chi connectivity index (χ0v) is 24.8. The van der Waals surface area contributed by atoms with Crippen molar-refractivity contribution in [2.45, 2.75) is 64.7 Å². The van der Waals surface area contributed by atoms with E-state index in [2.05, 4.69) is 20.3 Å². The molecule has 1 aromatic carbocycles. The van der Waals surface area contributed by atoms with Crippen LogP contribution in [0, 0.1) is 12.7 Å². The Balaban J connectivity index is 1.95. The first-order valence-electron chi connectivity index (χ1n) is 12.1. The molecule has 1 N–H and O–H groups in total. The van der Waals surface area contributed by atoms with Crippen LogP contribution in [0.25, 0.3) is 10.9 Å². The Labute approximate surface area is 218 Å². The third-order valence-electron chi connectivity index (χ3n) is 6.89. The van der Waals surface area contributed by atoms with Crippen LogP contribution in [0.4, 0.5) is 19.0 Å². The van der Waals surface area contributed by atoms with Gasteiger partial charge in [0.1, 0.15) is 36.6 Å². The van der Waals surface area contributed by atoms with Gasteiger partial charge in [-0.05, 0) is 57.4 Å². The average molecular weight is 553 g/mol. The quantitative estimate of drug-likeness (QED) is 0.239. The van der Waals surface area contributed by atoms with Gasteiger partial charge in [-0.3, -0.25) is 4.98 Å². The number of fused-ring (bicyclic) bond motifs is 1. The van der Waals surface area contributed by atoms with E-state index in [0.29, 0.717) is 28.0 Å². The van der Waals surface area contributed by atoms with E-state index in [0.717, 1.165) is 6.07 Å². The van der Waals surface area contributed by atoms with E-state index in [1.165, 1.54) is 18.3 Å². The summed E-state index contributed by atoms with van der Waals surface area (Å²) >= 11 is 0. The highest BCUT2D eigenvalue weighted by Gasteiger charge is 2.43. The molecular weight excluding hydrogens is 516 g/mol. The first kappa shape index (κ1) is 29.3. The molecule has 0 aliphatic heterocycles. The van der Waals surface area contributed by atoms with Gasteiger partial charge in [-0.1, -0.05) is 32.9 Å². The standard InChI is InChI=1S/C26H36F3N4O2PSi/c1-16(31-24-19-13-22(36(6,7)34)30-14-21(19)32-17(2)33-24)18-11-10-12-20(23(18)27)26(28,29)15-35-37(8,9)25(3,4)5/h10-14,16H,15H2,1-9H3,(H,31,32,33)/t16-/m1/s1. The topological polar surface area (TPSA) is 77.0 Å². The first-order chi connectivity index (χ1) is 16.8. The van der Waals surface area contributed by atoms with Gasteiger partial charge in [0.2, 0.25) is 0 Å². The monoisotopic (exact) mass is 552 g/mol. The fraction of sp³-hybridized carbons (Fsp3) is 0.500. The van der Waals surface area contributed by atoms with Crippen LogP contribution in [0.2, 0.25) is 18.1 Å². The van der Waals surface area contributed by atoms with Crippen LogP contribution >= 0.6 is 7.14 Å². The van der Waals surface area contributed by atoms with Crippen LogP contribution < -0.4 is 10.8 Å². The van der Waals surface area contributed by atoms with E-state index in [1.54, 1.807) is 33.2 Å². The smallest absolute Gasteiger partial charge is 0.297 e. The maximum Gasteiger partial charge on any atom is 0.297 e. The number of nitrogens with one attached hydrogen (secondary N) is 1. The second-order valence-electron chi connectivity index (χ2n) is 11.4. The highest BCUT2D eigenvalue weighted by Crippen LogP contribution is 2.40. The molecule has 3 rings (SSSR count). The van der Waals surface area contributed by atoms with Gasteiger partial charge in [-0.15, -0.1) is 0 Å². The molecule has 0 saturated heterocycles. The Hall–Kier alpha value is -2.29. The summed E-state index contributed by atoms with van der Waals surface area (Å²) in [7, 11) is -5.11. The summed E-state index contributed by atoms with van der Waals surface area (Å²) in [6.07, 6.45) is 1.53. The number of hydrogen-bond donors (Lipinski definition) is 1. The Kier molecular flexibility index (Phi) is 8.00. The molecule has 0 aliphatic carbocycles. The lowest BCUT2D eigenvalue weighted by Crippen LogP contribution is -2.43. The third-order valence-corrected chi connectivity index (χ3v) is 12.7. The molecule has 37 heavy (non-hydrogen) atoms. The number of benzene rings is 1. The minimum absolute atomic E-state index is 0.0693. The number of alkyl halides is 2. The number of halogens is 3. The lowest BCUT2D eigenvalue weighted by atomic mass is 10.00. The van der Waals surface area contributed by atoms with Gasteiger partial charge in [0.15, 0.2) is 8.32 Å². The molecule has 2 aromatic heterocycles. The molecule has 0 amide bonds. The van der Waals surface area contributed by atoms with Gasteiger partial charge in [0.25, 0.3) is 5.92 Å². The van der Waals surface area contributed by atoms with E-state index in [1.807, 2.05) is 33.9 Å². The van der Waals surface area contributed by atoms with E-state index >= 15 is 13.2 Å². The summed E-state index contributed by atoms with van der Waals surface area (Å²) < 4.78 is 64.3. The number of aryl methyl sites for hydroxylation is 1. The summed E-state index contributed by atoms with van der Waals surface area (Å²) in [5.74, 6) is -3.66. The Bertz CT molecular complexity index is 1360. The average Bonchev–Trinajstić information content (AvgIpc) is 2.76. The normalized spacial score (nSPS) is 14.2. The fourth-order valence-corrected chi connectivity index (χ4v) is 5.31. The van der Waals surface area contributed by atoms with Crippen molar-refractivity contribution in [3.8, 4) is 0 Å². The largest absolute Gasteiger partial charge is 0.410 e. The highest BCUT2D eigenvalue weighted by atomic mass is 31.2. The molecule has 202 valence electrons. The molecule has 0 bridgehead atoms. The van der Waals surface area contributed by atoms with Crippen molar-refractivity contribution in [2.24, 2.45) is 0 Å². The van der Waals surface area contributed by atoms with Gasteiger partial charge in [-0.2, -0.15) is 8.78 Å². The molecule has 0 spiro atoms. The summed E-state index contributed by atoms with van der Waals surface area (Å²) in [6, 6.07) is 4.94. The van der Waals surface area contributed by atoms with Crippen molar-refractivity contribution < 1.29 is 22.2 Å². The van der Waals surface area contributed by atoms with E-state index in [-0.39, 0.29) is 10.6 Å². The van der Waals surface area contributed by atoms with E-state index in [4.69, 9.17) is 4.43 Å². The summed E-state index contributed by atoms with van der Waals surface area (Å²) in [4.78, 5) is 13.1. The number of aromatic nitrogens is 3. The number of hydrogen-bond acceptors (Lipinski definition) is 6. The zero-order chi connectivity index (χ0) is 28.0. The van der Waals surface area contributed by atoms with Crippen LogP contribution in [-0.4, -0.2) is 43.2 Å². The fourth-order valence-electron chi connectivity index (χ4n) is 3.56. The first-order valence-corrected chi connectivity index (χ1v) is 17.6. The molecule has 11 heteroatoms. The summed E-state index contributed by atoms with van der Waals surface area (Å²) in [5, 5.41) is 3.45. The van der Waals surface area contributed by atoms with E-state index < -0.39 is 45.4 Å². The lowest BCUT2D eigenvalue weighted by Gasteiger charge is -2.37. The minimum Gasteiger partial charge on any atom is -0.410 e. The summed E-state index contributed by atoms with van der Waals surface area (Å²) in [6.45, 7) is 15.4. The maximum absolute atomic E-state index is 15.5. The summed E-state index contributed by atoms with van der Waals surface area (Å²) in [5.41, 5.74) is 0.311. The molecule has 6 nitrogen and oxygen atoms in total. The lowest BCUT2D eigenvalue weighted by molar-refractivity contribution is -0.0536. The van der Waals surface area contributed by atoms with Crippen molar-refractivity contribution in [1.82, 2.24) is 15.0 Å². The molecule has 0 aliphatic rings. The molecular formula is C26H36F3N4O2PSi. The molecule has 0 radical (unpaired) electrons. The Morgan fingerprint density at radius 3 is 2.41 bits per heavy atom.